The Kier molecular flexibility index (Phi) is 5.07. The number of aliphatic hydroxyl groups is 1. The number of hydrogen-bond donors (Lipinski definition) is 2. The summed E-state index contributed by atoms with van der Waals surface area (Å²) in [6, 6.07) is 7.81. The Morgan fingerprint density at radius 3 is 2.68 bits per heavy atom. The van der Waals surface area contributed by atoms with Crippen molar-refractivity contribution in [1.82, 2.24) is 9.55 Å². The van der Waals surface area contributed by atoms with E-state index in [0.717, 1.165) is 66.0 Å². The first-order valence-corrected chi connectivity index (χ1v) is 10.5. The van der Waals surface area contributed by atoms with Crippen LogP contribution in [0.15, 0.2) is 24.3 Å². The van der Waals surface area contributed by atoms with Gasteiger partial charge in [-0.1, -0.05) is 48.7 Å². The zero-order chi connectivity index (χ0) is 20.1. The highest BCUT2D eigenvalue weighted by Gasteiger charge is 2.23. The van der Waals surface area contributed by atoms with E-state index >= 15 is 0 Å². The molecule has 0 aliphatic carbocycles. The fraction of sp³-hybridized carbons (Fsp3) is 0.409. The Balaban J connectivity index is 1.94. The highest BCUT2D eigenvalue weighted by Crippen LogP contribution is 2.41. The summed E-state index contributed by atoms with van der Waals surface area (Å²) in [6.45, 7) is 7.56. The monoisotopic (exact) mass is 417 g/mol. The Labute approximate surface area is 175 Å². The van der Waals surface area contributed by atoms with Crippen LogP contribution in [-0.4, -0.2) is 21.2 Å². The molecule has 6 heteroatoms. The van der Waals surface area contributed by atoms with Gasteiger partial charge in [0.1, 0.15) is 5.52 Å². The molecular formula is C22H25Cl2N3O. The van der Waals surface area contributed by atoms with Crippen molar-refractivity contribution in [3.8, 4) is 11.1 Å². The quantitative estimate of drug-likeness (QED) is 0.546. The number of rotatable bonds is 4. The normalized spacial score (nSPS) is 14.2. The van der Waals surface area contributed by atoms with Crippen LogP contribution < -0.4 is 5.32 Å². The molecule has 4 rings (SSSR count). The molecule has 0 radical (unpaired) electrons. The van der Waals surface area contributed by atoms with E-state index in [1.165, 1.54) is 5.56 Å². The average molecular weight is 418 g/mol. The first-order chi connectivity index (χ1) is 13.3. The van der Waals surface area contributed by atoms with Crippen molar-refractivity contribution < 1.29 is 5.11 Å². The van der Waals surface area contributed by atoms with Gasteiger partial charge in [-0.2, -0.15) is 0 Å². The summed E-state index contributed by atoms with van der Waals surface area (Å²) in [5.74, 6) is 0.890. The number of nitrogens with one attached hydrogen (secondary N) is 1. The van der Waals surface area contributed by atoms with E-state index < -0.39 is 5.60 Å². The molecular weight excluding hydrogens is 393 g/mol. The van der Waals surface area contributed by atoms with Crippen molar-refractivity contribution in [2.75, 3.05) is 11.9 Å². The van der Waals surface area contributed by atoms with Crippen molar-refractivity contribution in [3.63, 3.8) is 0 Å². The van der Waals surface area contributed by atoms with Crippen LogP contribution in [0.2, 0.25) is 10.0 Å². The number of benzene rings is 2. The van der Waals surface area contributed by atoms with E-state index in [9.17, 15) is 5.11 Å². The third-order valence-electron chi connectivity index (χ3n) is 5.36. The van der Waals surface area contributed by atoms with Crippen LogP contribution in [0.25, 0.3) is 22.2 Å². The zero-order valence-electron chi connectivity index (χ0n) is 16.4. The van der Waals surface area contributed by atoms with Gasteiger partial charge >= 0.3 is 0 Å². The lowest BCUT2D eigenvalue weighted by Crippen LogP contribution is -2.17. The van der Waals surface area contributed by atoms with E-state index in [0.29, 0.717) is 10.0 Å². The van der Waals surface area contributed by atoms with Gasteiger partial charge in [-0.3, -0.25) is 0 Å². The molecule has 1 aliphatic rings. The number of nitrogens with zero attached hydrogens (tertiary/aromatic N) is 2. The summed E-state index contributed by atoms with van der Waals surface area (Å²) in [5, 5.41) is 14.9. The molecule has 0 spiro atoms. The van der Waals surface area contributed by atoms with Crippen molar-refractivity contribution in [3.05, 3.63) is 45.4 Å². The minimum atomic E-state index is -0.947. The first-order valence-electron chi connectivity index (χ1n) is 9.79. The number of hydrogen-bond acceptors (Lipinski definition) is 3. The van der Waals surface area contributed by atoms with Gasteiger partial charge in [0.05, 0.1) is 16.1 Å². The van der Waals surface area contributed by atoms with Crippen LogP contribution in [0.3, 0.4) is 0 Å². The van der Waals surface area contributed by atoms with Gasteiger partial charge in [0.25, 0.3) is 0 Å². The van der Waals surface area contributed by atoms with Crippen molar-refractivity contribution >= 4 is 40.2 Å². The lowest BCUT2D eigenvalue weighted by Gasteiger charge is -2.20. The highest BCUT2D eigenvalue weighted by atomic mass is 35.5. The van der Waals surface area contributed by atoms with E-state index in [4.69, 9.17) is 28.2 Å². The Morgan fingerprint density at radius 2 is 2.00 bits per heavy atom. The predicted molar refractivity (Wildman–Crippen MR) is 118 cm³/mol. The Morgan fingerprint density at radius 1 is 1.21 bits per heavy atom. The topological polar surface area (TPSA) is 50.1 Å². The molecule has 2 N–H and O–H groups in total. The average Bonchev–Trinajstić information content (AvgIpc) is 3.04. The lowest BCUT2D eigenvalue weighted by atomic mass is 9.94. The third-order valence-corrected chi connectivity index (χ3v) is 6.06. The van der Waals surface area contributed by atoms with Crippen molar-refractivity contribution in [2.45, 2.75) is 52.2 Å². The number of anilines is 1. The van der Waals surface area contributed by atoms with Gasteiger partial charge in [-0.05, 0) is 49.9 Å². The van der Waals surface area contributed by atoms with Crippen LogP contribution >= 0.6 is 23.2 Å². The van der Waals surface area contributed by atoms with Crippen LogP contribution in [-0.2, 0) is 18.6 Å². The van der Waals surface area contributed by atoms with Crippen LogP contribution in [0, 0.1) is 0 Å². The van der Waals surface area contributed by atoms with Gasteiger partial charge < -0.3 is 15.0 Å². The SMILES string of the molecule is CCCc1cc(-c2ccc(C(C)(C)O)cc2Cl)c(Cl)c2nc3n(c12)CCCN3. The van der Waals surface area contributed by atoms with Gasteiger partial charge in [0.2, 0.25) is 5.95 Å². The van der Waals surface area contributed by atoms with Crippen molar-refractivity contribution in [1.29, 1.82) is 0 Å². The minimum Gasteiger partial charge on any atom is -0.386 e. The first kappa shape index (κ1) is 19.6. The number of halogens is 2. The largest absolute Gasteiger partial charge is 0.386 e. The summed E-state index contributed by atoms with van der Waals surface area (Å²) in [5.41, 5.74) is 4.77. The number of aryl methyl sites for hydroxylation is 2. The summed E-state index contributed by atoms with van der Waals surface area (Å²) in [6.07, 6.45) is 3.06. The maximum Gasteiger partial charge on any atom is 0.203 e. The molecule has 0 amide bonds. The van der Waals surface area contributed by atoms with Crippen LogP contribution in [0.4, 0.5) is 5.95 Å². The fourth-order valence-electron chi connectivity index (χ4n) is 3.92. The molecule has 148 valence electrons. The molecule has 2 aromatic carbocycles. The second-order valence-electron chi connectivity index (χ2n) is 7.97. The summed E-state index contributed by atoms with van der Waals surface area (Å²) < 4.78 is 2.25. The zero-order valence-corrected chi connectivity index (χ0v) is 18.0. The van der Waals surface area contributed by atoms with Gasteiger partial charge in [0.15, 0.2) is 0 Å². The molecule has 0 saturated carbocycles. The Hall–Kier alpha value is -1.75. The molecule has 3 aromatic rings. The van der Waals surface area contributed by atoms with Crippen molar-refractivity contribution in [2.24, 2.45) is 0 Å². The van der Waals surface area contributed by atoms with Crippen LogP contribution in [0.1, 0.15) is 44.7 Å². The van der Waals surface area contributed by atoms with E-state index in [2.05, 4.69) is 22.9 Å². The highest BCUT2D eigenvalue weighted by molar-refractivity contribution is 6.39. The van der Waals surface area contributed by atoms with E-state index in [1.807, 2.05) is 18.2 Å². The van der Waals surface area contributed by atoms with E-state index in [1.54, 1.807) is 13.8 Å². The maximum absolute atomic E-state index is 10.3. The third kappa shape index (κ3) is 3.28. The standard InChI is InChI=1S/C22H25Cl2N3O/c1-4-6-13-11-16(15-8-7-14(12-17(15)23)22(2,3)28)18(24)19-20(13)27-10-5-9-25-21(27)26-19/h7-8,11-12,28H,4-6,9-10H2,1-3H3,(H,25,26). The number of aromatic nitrogens is 2. The second kappa shape index (κ2) is 7.25. The minimum absolute atomic E-state index is 0.574. The summed E-state index contributed by atoms with van der Waals surface area (Å²) in [4.78, 5) is 4.81. The smallest absolute Gasteiger partial charge is 0.203 e. The molecule has 4 nitrogen and oxygen atoms in total. The van der Waals surface area contributed by atoms with E-state index in [-0.39, 0.29) is 0 Å². The van der Waals surface area contributed by atoms with Gasteiger partial charge in [-0.15, -0.1) is 0 Å². The summed E-state index contributed by atoms with van der Waals surface area (Å²) in [7, 11) is 0. The fourth-order valence-corrected chi connectivity index (χ4v) is 4.50. The predicted octanol–water partition coefficient (Wildman–Crippen LogP) is 6.01. The second-order valence-corrected chi connectivity index (χ2v) is 8.75. The maximum atomic E-state index is 10.3. The molecule has 1 aliphatic heterocycles. The molecule has 28 heavy (non-hydrogen) atoms. The van der Waals surface area contributed by atoms with Crippen LogP contribution in [0.5, 0.6) is 0 Å². The van der Waals surface area contributed by atoms with Gasteiger partial charge in [0, 0.05) is 29.2 Å². The summed E-state index contributed by atoms with van der Waals surface area (Å²) >= 11 is 13.5. The molecule has 0 unspecified atom stereocenters. The number of fused-ring (bicyclic) bond motifs is 3. The molecule has 0 fully saturated rings. The number of imidazole rings is 1. The van der Waals surface area contributed by atoms with Gasteiger partial charge in [-0.25, -0.2) is 4.98 Å². The molecule has 0 bridgehead atoms. The molecule has 1 aromatic heterocycles. The lowest BCUT2D eigenvalue weighted by molar-refractivity contribution is 0.0786. The Bertz CT molecular complexity index is 1050. The molecule has 2 heterocycles. The molecule has 0 atom stereocenters. The molecule has 0 saturated heterocycles.